The molecule has 108 valence electrons. The van der Waals surface area contributed by atoms with Gasteiger partial charge in [-0.3, -0.25) is 0 Å². The van der Waals surface area contributed by atoms with Gasteiger partial charge in [0.05, 0.1) is 7.11 Å². The fraction of sp³-hybridized carbons (Fsp3) is 0.625. The van der Waals surface area contributed by atoms with E-state index in [0.29, 0.717) is 5.02 Å². The Balaban J connectivity index is 2.34. The Labute approximate surface area is 122 Å². The molecule has 0 heterocycles. The van der Waals surface area contributed by atoms with E-state index in [1.165, 1.54) is 38.5 Å². The maximum Gasteiger partial charge on any atom is 0.120 e. The molecular weight excluding hydrogens is 258 g/mol. The van der Waals surface area contributed by atoms with Crippen LogP contribution in [-0.2, 0) is 0 Å². The lowest BCUT2D eigenvalue weighted by atomic mass is 10.00. The van der Waals surface area contributed by atoms with Crippen LogP contribution in [0, 0.1) is 0 Å². The molecule has 1 atom stereocenters. The monoisotopic (exact) mass is 283 g/mol. The molecular formula is C16H26ClNO. The SMILES string of the molecule is CCCCCCCCC(N)c1ccc(OC)cc1Cl. The van der Waals surface area contributed by atoms with Gasteiger partial charge in [0.25, 0.3) is 0 Å². The van der Waals surface area contributed by atoms with Gasteiger partial charge in [0.15, 0.2) is 0 Å². The molecule has 0 bridgehead atoms. The minimum atomic E-state index is 0.0320. The zero-order valence-electron chi connectivity index (χ0n) is 12.1. The Morgan fingerprint density at radius 1 is 1.16 bits per heavy atom. The fourth-order valence-corrected chi connectivity index (χ4v) is 2.55. The lowest BCUT2D eigenvalue weighted by Gasteiger charge is -2.14. The van der Waals surface area contributed by atoms with E-state index >= 15 is 0 Å². The Bertz CT molecular complexity index is 368. The van der Waals surface area contributed by atoms with Crippen LogP contribution in [0.5, 0.6) is 5.75 Å². The van der Waals surface area contributed by atoms with Crippen LogP contribution in [0.15, 0.2) is 18.2 Å². The predicted molar refractivity (Wildman–Crippen MR) is 82.9 cm³/mol. The fourth-order valence-electron chi connectivity index (χ4n) is 2.24. The third-order valence-corrected chi connectivity index (χ3v) is 3.80. The molecule has 0 aromatic heterocycles. The van der Waals surface area contributed by atoms with Crippen LogP contribution < -0.4 is 10.5 Å². The number of rotatable bonds is 9. The highest BCUT2D eigenvalue weighted by Crippen LogP contribution is 2.28. The third kappa shape index (κ3) is 5.84. The number of hydrogen-bond acceptors (Lipinski definition) is 2. The second-order valence-electron chi connectivity index (χ2n) is 5.05. The Morgan fingerprint density at radius 2 is 1.84 bits per heavy atom. The van der Waals surface area contributed by atoms with Crippen molar-refractivity contribution in [2.75, 3.05) is 7.11 Å². The zero-order valence-corrected chi connectivity index (χ0v) is 12.9. The van der Waals surface area contributed by atoms with E-state index in [2.05, 4.69) is 6.92 Å². The summed E-state index contributed by atoms with van der Waals surface area (Å²) in [6, 6.07) is 5.76. The average Bonchev–Trinajstić information content (AvgIpc) is 2.42. The normalized spacial score (nSPS) is 12.4. The number of nitrogens with two attached hydrogens (primary N) is 1. The molecule has 1 aromatic carbocycles. The van der Waals surface area contributed by atoms with Gasteiger partial charge in [0.1, 0.15) is 5.75 Å². The topological polar surface area (TPSA) is 35.2 Å². The number of hydrogen-bond donors (Lipinski definition) is 1. The number of unbranched alkanes of at least 4 members (excludes halogenated alkanes) is 5. The Morgan fingerprint density at radius 3 is 2.47 bits per heavy atom. The Kier molecular flexibility index (Phi) is 7.92. The van der Waals surface area contributed by atoms with Gasteiger partial charge in [-0.15, -0.1) is 0 Å². The minimum Gasteiger partial charge on any atom is -0.497 e. The highest BCUT2D eigenvalue weighted by molar-refractivity contribution is 6.31. The summed E-state index contributed by atoms with van der Waals surface area (Å²) in [7, 11) is 1.64. The number of benzene rings is 1. The molecule has 0 spiro atoms. The van der Waals surface area contributed by atoms with Gasteiger partial charge in [-0.1, -0.05) is 63.1 Å². The number of halogens is 1. The van der Waals surface area contributed by atoms with Crippen LogP contribution in [0.4, 0.5) is 0 Å². The van der Waals surface area contributed by atoms with Crippen LogP contribution >= 0.6 is 11.6 Å². The molecule has 0 saturated carbocycles. The summed E-state index contributed by atoms with van der Waals surface area (Å²) in [5.41, 5.74) is 7.23. The largest absolute Gasteiger partial charge is 0.497 e. The van der Waals surface area contributed by atoms with Crippen molar-refractivity contribution >= 4 is 11.6 Å². The predicted octanol–water partition coefficient (Wildman–Crippen LogP) is 5.10. The molecule has 1 rings (SSSR count). The molecule has 1 unspecified atom stereocenters. The maximum atomic E-state index is 6.22. The van der Waals surface area contributed by atoms with Crippen molar-refractivity contribution in [2.45, 2.75) is 57.9 Å². The third-order valence-electron chi connectivity index (χ3n) is 3.48. The molecule has 19 heavy (non-hydrogen) atoms. The maximum absolute atomic E-state index is 6.22. The van der Waals surface area contributed by atoms with Gasteiger partial charge < -0.3 is 10.5 Å². The molecule has 0 radical (unpaired) electrons. The van der Waals surface area contributed by atoms with E-state index in [-0.39, 0.29) is 6.04 Å². The lowest BCUT2D eigenvalue weighted by Crippen LogP contribution is -2.10. The smallest absolute Gasteiger partial charge is 0.120 e. The average molecular weight is 284 g/mol. The second-order valence-corrected chi connectivity index (χ2v) is 5.46. The van der Waals surface area contributed by atoms with E-state index in [9.17, 15) is 0 Å². The van der Waals surface area contributed by atoms with Crippen molar-refractivity contribution in [1.82, 2.24) is 0 Å². The molecule has 0 saturated heterocycles. The summed E-state index contributed by atoms with van der Waals surface area (Å²) in [6.07, 6.45) is 8.73. The van der Waals surface area contributed by atoms with E-state index in [0.717, 1.165) is 17.7 Å². The molecule has 1 aromatic rings. The minimum absolute atomic E-state index is 0.0320. The highest BCUT2D eigenvalue weighted by Gasteiger charge is 2.10. The van der Waals surface area contributed by atoms with Gasteiger partial charge in [-0.05, 0) is 24.1 Å². The standard InChI is InChI=1S/C16H26ClNO/c1-3-4-5-6-7-8-9-16(18)14-11-10-13(19-2)12-15(14)17/h10-12,16H,3-9,18H2,1-2H3. The highest BCUT2D eigenvalue weighted by atomic mass is 35.5. The zero-order chi connectivity index (χ0) is 14.1. The van der Waals surface area contributed by atoms with Crippen molar-refractivity contribution < 1.29 is 4.74 Å². The van der Waals surface area contributed by atoms with E-state index in [1.807, 2.05) is 18.2 Å². The van der Waals surface area contributed by atoms with Crippen LogP contribution in [0.25, 0.3) is 0 Å². The summed E-state index contributed by atoms with van der Waals surface area (Å²) in [5, 5.41) is 0.706. The van der Waals surface area contributed by atoms with E-state index in [1.54, 1.807) is 7.11 Å². The van der Waals surface area contributed by atoms with Gasteiger partial charge >= 0.3 is 0 Å². The van der Waals surface area contributed by atoms with Crippen molar-refractivity contribution in [2.24, 2.45) is 5.73 Å². The van der Waals surface area contributed by atoms with Crippen LogP contribution in [0.1, 0.15) is 63.5 Å². The van der Waals surface area contributed by atoms with Gasteiger partial charge in [0, 0.05) is 11.1 Å². The van der Waals surface area contributed by atoms with Gasteiger partial charge in [0.2, 0.25) is 0 Å². The summed E-state index contributed by atoms with van der Waals surface area (Å²) in [6.45, 7) is 2.24. The quantitative estimate of drug-likeness (QED) is 0.640. The summed E-state index contributed by atoms with van der Waals surface area (Å²) >= 11 is 6.22. The molecule has 0 aliphatic carbocycles. The van der Waals surface area contributed by atoms with Crippen molar-refractivity contribution in [1.29, 1.82) is 0 Å². The van der Waals surface area contributed by atoms with Crippen molar-refractivity contribution in [3.63, 3.8) is 0 Å². The molecule has 0 amide bonds. The van der Waals surface area contributed by atoms with Crippen LogP contribution in [-0.4, -0.2) is 7.11 Å². The molecule has 0 aliphatic heterocycles. The summed E-state index contributed by atoms with van der Waals surface area (Å²) in [5.74, 6) is 0.778. The van der Waals surface area contributed by atoms with Crippen LogP contribution in [0.3, 0.4) is 0 Å². The molecule has 3 heteroatoms. The number of ether oxygens (including phenoxy) is 1. The summed E-state index contributed by atoms with van der Waals surface area (Å²) in [4.78, 5) is 0. The van der Waals surface area contributed by atoms with E-state index < -0.39 is 0 Å². The molecule has 2 N–H and O–H groups in total. The first kappa shape index (κ1) is 16.3. The Hall–Kier alpha value is -0.730. The van der Waals surface area contributed by atoms with Crippen molar-refractivity contribution in [3.05, 3.63) is 28.8 Å². The van der Waals surface area contributed by atoms with Crippen molar-refractivity contribution in [3.8, 4) is 5.75 Å². The van der Waals surface area contributed by atoms with Gasteiger partial charge in [-0.2, -0.15) is 0 Å². The second kappa shape index (κ2) is 9.22. The summed E-state index contributed by atoms with van der Waals surface area (Å²) < 4.78 is 5.14. The lowest BCUT2D eigenvalue weighted by molar-refractivity contribution is 0.414. The van der Waals surface area contributed by atoms with E-state index in [4.69, 9.17) is 22.1 Å². The molecule has 0 aliphatic rings. The van der Waals surface area contributed by atoms with Crippen LogP contribution in [0.2, 0.25) is 5.02 Å². The first-order chi connectivity index (χ1) is 9.19. The number of methoxy groups -OCH3 is 1. The first-order valence-electron chi connectivity index (χ1n) is 7.28. The molecule has 0 fully saturated rings. The first-order valence-corrected chi connectivity index (χ1v) is 7.65. The molecule has 2 nitrogen and oxygen atoms in total. The van der Waals surface area contributed by atoms with Gasteiger partial charge in [-0.25, -0.2) is 0 Å².